The molecule has 5 saturated carbocycles. The quantitative estimate of drug-likeness (QED) is 0.138. The fourth-order valence-electron chi connectivity index (χ4n) is 9.97. The third-order valence-electron chi connectivity index (χ3n) is 12.8. The molecule has 1 amide bonds. The topological polar surface area (TPSA) is 125 Å². The second-order valence-electron chi connectivity index (χ2n) is 15.4. The van der Waals surface area contributed by atoms with Gasteiger partial charge in [0.2, 0.25) is 5.91 Å². The van der Waals surface area contributed by atoms with Gasteiger partial charge in [0, 0.05) is 12.6 Å². The monoisotopic (exact) mass is 616 g/mol. The summed E-state index contributed by atoms with van der Waals surface area (Å²) >= 11 is 0. The molecule has 0 radical (unpaired) electrons. The molecule has 8 nitrogen and oxygen atoms in total. The van der Waals surface area contributed by atoms with E-state index in [0.29, 0.717) is 61.5 Å². The molecule has 0 spiro atoms. The molecular formula is C36H60N2O6. The van der Waals surface area contributed by atoms with Gasteiger partial charge in [0.05, 0.1) is 24.4 Å². The molecule has 0 bridgehead atoms. The maximum atomic E-state index is 13.1. The Bertz CT molecular complexity index is 924. The number of amides is 1. The van der Waals surface area contributed by atoms with E-state index in [2.05, 4.69) is 10.8 Å². The molecule has 0 aliphatic heterocycles. The summed E-state index contributed by atoms with van der Waals surface area (Å²) in [7, 11) is 0. The van der Waals surface area contributed by atoms with Crippen molar-refractivity contribution in [2.45, 2.75) is 141 Å². The van der Waals surface area contributed by atoms with Crippen LogP contribution in [0.1, 0.15) is 135 Å². The fourth-order valence-corrected chi connectivity index (χ4v) is 9.97. The highest BCUT2D eigenvalue weighted by molar-refractivity contribution is 5.84. The lowest BCUT2D eigenvalue weighted by Crippen LogP contribution is -2.45. The summed E-state index contributed by atoms with van der Waals surface area (Å²) in [4.78, 5) is 43.2. The molecule has 0 aromatic heterocycles. The Balaban J connectivity index is 0.960. The van der Waals surface area contributed by atoms with Crippen LogP contribution in [0.15, 0.2) is 0 Å². The Morgan fingerprint density at radius 2 is 1.11 bits per heavy atom. The molecule has 0 saturated heterocycles. The second kappa shape index (κ2) is 16.8. The van der Waals surface area contributed by atoms with Crippen molar-refractivity contribution in [3.63, 3.8) is 0 Å². The summed E-state index contributed by atoms with van der Waals surface area (Å²) in [5.41, 5.74) is 3.15. The highest BCUT2D eigenvalue weighted by Gasteiger charge is 2.42. The SMILES string of the molecule is O=C(O)C1CC(C2CCCCC2)CCC1NOCCC1CCC(CNC(=O)C2CCC(C3CCCCC3)CC2C(=O)O)CC1. The Morgan fingerprint density at radius 3 is 1.70 bits per heavy atom. The van der Waals surface area contributed by atoms with Gasteiger partial charge < -0.3 is 20.4 Å². The maximum absolute atomic E-state index is 13.1. The van der Waals surface area contributed by atoms with E-state index < -0.39 is 23.8 Å². The van der Waals surface area contributed by atoms with Crippen molar-refractivity contribution in [3.8, 4) is 0 Å². The number of rotatable bonds is 12. The minimum atomic E-state index is -0.798. The zero-order valence-electron chi connectivity index (χ0n) is 27.1. The van der Waals surface area contributed by atoms with E-state index in [9.17, 15) is 24.6 Å². The first-order chi connectivity index (χ1) is 21.4. The third-order valence-corrected chi connectivity index (χ3v) is 12.8. The molecule has 5 aliphatic carbocycles. The predicted molar refractivity (Wildman–Crippen MR) is 170 cm³/mol. The van der Waals surface area contributed by atoms with Crippen molar-refractivity contribution < 1.29 is 29.4 Å². The van der Waals surface area contributed by atoms with E-state index >= 15 is 0 Å². The summed E-state index contributed by atoms with van der Waals surface area (Å²) < 4.78 is 0. The Morgan fingerprint density at radius 1 is 0.568 bits per heavy atom. The lowest BCUT2D eigenvalue weighted by molar-refractivity contribution is -0.150. The van der Waals surface area contributed by atoms with E-state index in [4.69, 9.17) is 4.84 Å². The normalized spacial score (nSPS) is 36.0. The van der Waals surface area contributed by atoms with E-state index in [1.807, 2.05) is 0 Å². The van der Waals surface area contributed by atoms with Gasteiger partial charge in [-0.1, -0.05) is 77.0 Å². The van der Waals surface area contributed by atoms with Gasteiger partial charge in [-0.15, -0.1) is 0 Å². The van der Waals surface area contributed by atoms with Gasteiger partial charge in [-0.3, -0.25) is 14.4 Å². The third kappa shape index (κ3) is 9.20. The van der Waals surface area contributed by atoms with E-state index in [1.165, 1.54) is 64.2 Å². The standard InChI is InChI=1S/C36H60N2O6/c39-34(30-17-15-28(21-31(30)35(40)41)26-7-3-1-4-8-26)37-23-25-13-11-24(12-14-25)19-20-44-38-33-18-16-29(22-32(33)36(42)43)27-9-5-2-6-10-27/h24-33,38H,1-23H2,(H,37,39)(H,40,41)(H,42,43). The van der Waals surface area contributed by atoms with Gasteiger partial charge in [0.25, 0.3) is 0 Å². The predicted octanol–water partition coefficient (Wildman–Crippen LogP) is 6.97. The molecule has 5 aliphatic rings. The van der Waals surface area contributed by atoms with Crippen LogP contribution in [0, 0.1) is 53.3 Å². The van der Waals surface area contributed by atoms with Crippen LogP contribution >= 0.6 is 0 Å². The Hall–Kier alpha value is -1.67. The van der Waals surface area contributed by atoms with Crippen molar-refractivity contribution in [2.24, 2.45) is 53.3 Å². The van der Waals surface area contributed by atoms with E-state index in [1.54, 1.807) is 0 Å². The average Bonchev–Trinajstić information content (AvgIpc) is 3.06. The van der Waals surface area contributed by atoms with E-state index in [-0.39, 0.29) is 17.9 Å². The average molecular weight is 617 g/mol. The van der Waals surface area contributed by atoms with Gasteiger partial charge in [-0.25, -0.2) is 0 Å². The van der Waals surface area contributed by atoms with Crippen LogP contribution in [0.25, 0.3) is 0 Å². The first kappa shape index (κ1) is 33.7. The number of carbonyl (C=O) groups is 3. The van der Waals surface area contributed by atoms with E-state index in [0.717, 1.165) is 57.8 Å². The van der Waals surface area contributed by atoms with Crippen LogP contribution in [0.4, 0.5) is 0 Å². The summed E-state index contributed by atoms with van der Waals surface area (Å²) in [6.45, 7) is 1.25. The van der Waals surface area contributed by atoms with Crippen molar-refractivity contribution >= 4 is 17.8 Å². The number of carboxylic acid groups (broad SMARTS) is 2. The number of hydrogen-bond donors (Lipinski definition) is 4. The molecule has 6 unspecified atom stereocenters. The molecule has 4 N–H and O–H groups in total. The number of hydrogen-bond acceptors (Lipinski definition) is 5. The minimum Gasteiger partial charge on any atom is -0.481 e. The first-order valence-electron chi connectivity index (χ1n) is 18.5. The summed E-state index contributed by atoms with van der Waals surface area (Å²) in [5, 5.41) is 23.0. The zero-order valence-corrected chi connectivity index (χ0v) is 27.1. The molecule has 0 aromatic carbocycles. The summed E-state index contributed by atoms with van der Waals surface area (Å²) in [6, 6.07) is -0.102. The molecule has 6 atom stereocenters. The number of carboxylic acids is 2. The highest BCUT2D eigenvalue weighted by atomic mass is 16.6. The van der Waals surface area contributed by atoms with Crippen LogP contribution in [-0.4, -0.2) is 47.3 Å². The van der Waals surface area contributed by atoms with Crippen molar-refractivity contribution in [3.05, 3.63) is 0 Å². The number of hydroxylamine groups is 1. The van der Waals surface area contributed by atoms with Crippen molar-refractivity contribution in [1.29, 1.82) is 0 Å². The molecule has 44 heavy (non-hydrogen) atoms. The van der Waals surface area contributed by atoms with Gasteiger partial charge >= 0.3 is 11.9 Å². The molecule has 5 rings (SSSR count). The molecule has 0 heterocycles. The van der Waals surface area contributed by atoms with Crippen molar-refractivity contribution in [2.75, 3.05) is 13.2 Å². The van der Waals surface area contributed by atoms with Crippen LogP contribution in [0.3, 0.4) is 0 Å². The Kier molecular flexibility index (Phi) is 12.8. The van der Waals surface area contributed by atoms with Crippen molar-refractivity contribution in [1.82, 2.24) is 10.8 Å². The van der Waals surface area contributed by atoms with Gasteiger partial charge in [-0.05, 0) is 93.3 Å². The first-order valence-corrected chi connectivity index (χ1v) is 18.5. The summed E-state index contributed by atoms with van der Waals surface area (Å²) in [6.07, 6.45) is 23.2. The Labute approximate surface area is 265 Å². The van der Waals surface area contributed by atoms with Gasteiger partial charge in [-0.2, -0.15) is 5.48 Å². The number of aliphatic carboxylic acids is 2. The minimum absolute atomic E-state index is 0.0477. The van der Waals surface area contributed by atoms with Crippen LogP contribution in [0.5, 0.6) is 0 Å². The maximum Gasteiger partial charge on any atom is 0.308 e. The largest absolute Gasteiger partial charge is 0.481 e. The van der Waals surface area contributed by atoms with Gasteiger partial charge in [0.1, 0.15) is 0 Å². The molecule has 0 aromatic rings. The lowest BCUT2D eigenvalue weighted by Gasteiger charge is -2.39. The fraction of sp³-hybridized carbons (Fsp3) is 0.917. The number of nitrogens with one attached hydrogen (secondary N) is 2. The molecule has 250 valence electrons. The van der Waals surface area contributed by atoms with Gasteiger partial charge in [0.15, 0.2) is 0 Å². The molecule has 8 heteroatoms. The lowest BCUT2D eigenvalue weighted by atomic mass is 9.66. The van der Waals surface area contributed by atoms with Crippen LogP contribution < -0.4 is 10.8 Å². The van der Waals surface area contributed by atoms with Crippen LogP contribution in [-0.2, 0) is 19.2 Å². The molecule has 5 fully saturated rings. The number of carbonyl (C=O) groups excluding carboxylic acids is 1. The second-order valence-corrected chi connectivity index (χ2v) is 15.4. The zero-order chi connectivity index (χ0) is 30.9. The highest BCUT2D eigenvalue weighted by Crippen LogP contribution is 2.43. The smallest absolute Gasteiger partial charge is 0.308 e. The molecular weight excluding hydrogens is 556 g/mol. The summed E-state index contributed by atoms with van der Waals surface area (Å²) in [5.74, 6) is 0.586. The van der Waals surface area contributed by atoms with Crippen LogP contribution in [0.2, 0.25) is 0 Å².